The lowest BCUT2D eigenvalue weighted by molar-refractivity contribution is -0.144. The Bertz CT molecular complexity index is 714. The van der Waals surface area contributed by atoms with E-state index >= 15 is 0 Å². The van der Waals surface area contributed by atoms with Gasteiger partial charge in [0.1, 0.15) is 0 Å². The molecule has 0 spiro atoms. The number of ether oxygens (including phenoxy) is 1. The quantitative estimate of drug-likeness (QED) is 0.598. The summed E-state index contributed by atoms with van der Waals surface area (Å²) < 4.78 is 17.7. The first-order valence-electron chi connectivity index (χ1n) is 10.5. The molecule has 3 heterocycles. The Labute approximate surface area is 177 Å². The Morgan fingerprint density at radius 3 is 2.53 bits per heavy atom. The molecule has 0 aliphatic carbocycles. The highest BCUT2D eigenvalue weighted by molar-refractivity contribution is 6.61. The Kier molecular flexibility index (Phi) is 7.01. The van der Waals surface area contributed by atoms with Crippen molar-refractivity contribution in [2.75, 3.05) is 26.3 Å². The molecule has 1 aromatic rings. The van der Waals surface area contributed by atoms with E-state index in [4.69, 9.17) is 19.2 Å². The molecule has 0 aromatic carbocycles. The van der Waals surface area contributed by atoms with Gasteiger partial charge < -0.3 is 29.2 Å². The zero-order valence-electron chi connectivity index (χ0n) is 18.2. The Balaban J connectivity index is 1.46. The van der Waals surface area contributed by atoms with Gasteiger partial charge in [-0.3, -0.25) is 4.79 Å². The third-order valence-corrected chi connectivity index (χ3v) is 6.22. The van der Waals surface area contributed by atoms with Crippen LogP contribution in [0.25, 0.3) is 0 Å². The third-order valence-electron chi connectivity index (χ3n) is 6.22. The van der Waals surface area contributed by atoms with Crippen LogP contribution in [0, 0.1) is 5.92 Å². The van der Waals surface area contributed by atoms with Crippen LogP contribution in [0.4, 0.5) is 0 Å². The second-order valence-electron chi connectivity index (χ2n) is 9.02. The largest absolute Gasteiger partial charge is 0.498 e. The smallest absolute Gasteiger partial charge is 0.463 e. The highest BCUT2D eigenvalue weighted by Gasteiger charge is 2.52. The number of rotatable bonds is 7. The van der Waals surface area contributed by atoms with Gasteiger partial charge in [-0.1, -0.05) is 0 Å². The molecular weight excluding hydrogens is 389 g/mol. The van der Waals surface area contributed by atoms with Crippen LogP contribution in [-0.4, -0.2) is 81.7 Å². The van der Waals surface area contributed by atoms with E-state index in [1.807, 2.05) is 27.7 Å². The lowest BCUT2D eigenvalue weighted by atomic mass is 9.81. The van der Waals surface area contributed by atoms with E-state index in [0.29, 0.717) is 19.7 Å². The van der Waals surface area contributed by atoms with E-state index in [9.17, 15) is 9.90 Å². The second kappa shape index (κ2) is 9.17. The van der Waals surface area contributed by atoms with Crippen LogP contribution in [0.1, 0.15) is 47.0 Å². The Morgan fingerprint density at radius 1 is 1.30 bits per heavy atom. The summed E-state index contributed by atoms with van der Waals surface area (Å²) in [6.45, 7) is 9.03. The molecule has 2 N–H and O–H groups in total. The topological polar surface area (TPSA) is 114 Å². The maximum Gasteiger partial charge on any atom is 0.498 e. The molecule has 2 unspecified atom stereocenters. The van der Waals surface area contributed by atoms with Crippen molar-refractivity contribution in [3.8, 4) is 6.01 Å². The van der Waals surface area contributed by atoms with E-state index in [1.54, 1.807) is 17.3 Å². The Hall–Kier alpha value is -1.75. The lowest BCUT2D eigenvalue weighted by Crippen LogP contribution is -2.46. The minimum Gasteiger partial charge on any atom is -0.463 e. The number of nitrogens with zero attached hydrogens (tertiary/aromatic N) is 3. The van der Waals surface area contributed by atoms with Crippen molar-refractivity contribution in [1.82, 2.24) is 14.9 Å². The highest BCUT2D eigenvalue weighted by atomic mass is 16.7. The molecule has 1 aromatic heterocycles. The normalized spacial score (nSPS) is 24.0. The van der Waals surface area contributed by atoms with Crippen molar-refractivity contribution < 1.29 is 29.1 Å². The van der Waals surface area contributed by atoms with E-state index in [-0.39, 0.29) is 11.9 Å². The number of piperidine rings is 1. The summed E-state index contributed by atoms with van der Waals surface area (Å²) in [5, 5.41) is 18.5. The van der Waals surface area contributed by atoms with Gasteiger partial charge in [0.15, 0.2) is 6.10 Å². The van der Waals surface area contributed by atoms with Crippen molar-refractivity contribution in [3.05, 3.63) is 12.4 Å². The summed E-state index contributed by atoms with van der Waals surface area (Å²) in [6.07, 6.45) is 4.58. The molecule has 10 heteroatoms. The third kappa shape index (κ3) is 5.11. The van der Waals surface area contributed by atoms with Crippen molar-refractivity contribution >= 4 is 18.5 Å². The van der Waals surface area contributed by atoms with Crippen molar-refractivity contribution in [2.24, 2.45) is 5.92 Å². The number of amides is 1. The van der Waals surface area contributed by atoms with Crippen LogP contribution in [0.3, 0.4) is 0 Å². The molecule has 0 bridgehead atoms. The van der Waals surface area contributed by atoms with Gasteiger partial charge in [-0.25, -0.2) is 9.97 Å². The van der Waals surface area contributed by atoms with Gasteiger partial charge in [-0.05, 0) is 52.9 Å². The molecule has 0 saturated carbocycles. The maximum atomic E-state index is 12.0. The summed E-state index contributed by atoms with van der Waals surface area (Å²) in [6, 6.07) is 0.287. The number of aliphatic hydroxyl groups is 2. The van der Waals surface area contributed by atoms with E-state index in [1.165, 1.54) is 0 Å². The molecule has 2 aliphatic rings. The number of aliphatic hydroxyl groups excluding tert-OH is 2. The first kappa shape index (κ1) is 22.9. The molecule has 30 heavy (non-hydrogen) atoms. The first-order valence-corrected chi connectivity index (χ1v) is 10.5. The van der Waals surface area contributed by atoms with Crippen LogP contribution >= 0.6 is 0 Å². The summed E-state index contributed by atoms with van der Waals surface area (Å²) in [4.78, 5) is 22.2. The first-order chi connectivity index (χ1) is 14.1. The lowest BCUT2D eigenvalue weighted by Gasteiger charge is -2.33. The summed E-state index contributed by atoms with van der Waals surface area (Å²) >= 11 is 0. The van der Waals surface area contributed by atoms with Crippen LogP contribution in [0.5, 0.6) is 6.01 Å². The summed E-state index contributed by atoms with van der Waals surface area (Å²) in [5.41, 5.74) is -0.102. The van der Waals surface area contributed by atoms with E-state index in [2.05, 4.69) is 9.97 Å². The number of carbonyl (C=O) groups is 1. The van der Waals surface area contributed by atoms with Crippen molar-refractivity contribution in [1.29, 1.82) is 0 Å². The highest BCUT2D eigenvalue weighted by Crippen LogP contribution is 2.36. The van der Waals surface area contributed by atoms with Gasteiger partial charge in [-0.2, -0.15) is 0 Å². The van der Waals surface area contributed by atoms with Gasteiger partial charge in [0.25, 0.3) is 5.91 Å². The SMILES string of the molecule is CC1(C)OB(c2cnc(OCCC3CCCN(C(=O)C(O)CO)C3)nc2)OC1(C)C. The van der Waals surface area contributed by atoms with Gasteiger partial charge >= 0.3 is 13.1 Å². The zero-order valence-corrected chi connectivity index (χ0v) is 18.2. The minimum absolute atomic E-state index is 0.276. The standard InChI is InChI=1S/C20H32BN3O6/c1-19(2)20(3,4)30-21(29-19)15-10-22-18(23-11-15)28-9-7-14-6-5-8-24(12-14)17(27)16(26)13-25/h10-11,14,16,25-26H,5-9,12-13H2,1-4H3. The average Bonchev–Trinajstić information content (AvgIpc) is 2.94. The molecule has 0 radical (unpaired) electrons. The molecule has 3 rings (SSSR count). The molecule has 2 aliphatic heterocycles. The number of hydrogen-bond donors (Lipinski definition) is 2. The van der Waals surface area contributed by atoms with Crippen LogP contribution < -0.4 is 10.2 Å². The predicted molar refractivity (Wildman–Crippen MR) is 110 cm³/mol. The Morgan fingerprint density at radius 2 is 1.93 bits per heavy atom. The molecule has 9 nitrogen and oxygen atoms in total. The fourth-order valence-corrected chi connectivity index (χ4v) is 3.61. The average molecular weight is 421 g/mol. The molecule has 1 amide bonds. The molecular formula is C20H32BN3O6. The summed E-state index contributed by atoms with van der Waals surface area (Å²) in [5.74, 6) is -0.137. The molecule has 2 saturated heterocycles. The number of carbonyl (C=O) groups excluding carboxylic acids is 1. The van der Waals surface area contributed by atoms with Gasteiger partial charge in [-0.15, -0.1) is 0 Å². The van der Waals surface area contributed by atoms with Gasteiger partial charge in [0, 0.05) is 30.9 Å². The fourth-order valence-electron chi connectivity index (χ4n) is 3.61. The zero-order chi connectivity index (χ0) is 21.9. The molecule has 2 fully saturated rings. The van der Waals surface area contributed by atoms with Crippen LogP contribution in [0.2, 0.25) is 0 Å². The molecule has 166 valence electrons. The van der Waals surface area contributed by atoms with E-state index < -0.39 is 36.9 Å². The monoisotopic (exact) mass is 421 g/mol. The van der Waals surface area contributed by atoms with Crippen molar-refractivity contribution in [2.45, 2.75) is 64.3 Å². The minimum atomic E-state index is -1.34. The fraction of sp³-hybridized carbons (Fsp3) is 0.750. The summed E-state index contributed by atoms with van der Waals surface area (Å²) in [7, 11) is -0.510. The van der Waals surface area contributed by atoms with Crippen molar-refractivity contribution in [3.63, 3.8) is 0 Å². The predicted octanol–water partition coefficient (Wildman–Crippen LogP) is 0.137. The van der Waals surface area contributed by atoms with Crippen LogP contribution in [-0.2, 0) is 14.1 Å². The number of likely N-dealkylation sites (tertiary alicyclic amines) is 1. The molecule has 2 atom stereocenters. The second-order valence-corrected chi connectivity index (χ2v) is 9.02. The van der Waals surface area contributed by atoms with Gasteiger partial charge in [0.2, 0.25) is 0 Å². The van der Waals surface area contributed by atoms with Crippen LogP contribution in [0.15, 0.2) is 12.4 Å². The van der Waals surface area contributed by atoms with E-state index in [0.717, 1.165) is 24.7 Å². The number of hydrogen-bond acceptors (Lipinski definition) is 8. The maximum absolute atomic E-state index is 12.0. The number of aromatic nitrogens is 2. The van der Waals surface area contributed by atoms with Gasteiger partial charge in [0.05, 0.1) is 24.4 Å².